The van der Waals surface area contributed by atoms with Crippen molar-refractivity contribution in [1.29, 1.82) is 0 Å². The van der Waals surface area contributed by atoms with Crippen molar-refractivity contribution < 1.29 is 9.53 Å². The summed E-state index contributed by atoms with van der Waals surface area (Å²) < 4.78 is 7.04. The quantitative estimate of drug-likeness (QED) is 0.792. The van der Waals surface area contributed by atoms with Crippen LogP contribution in [0.15, 0.2) is 10.9 Å². The second kappa shape index (κ2) is 6.64. The highest BCUT2D eigenvalue weighted by Crippen LogP contribution is 2.19. The van der Waals surface area contributed by atoms with E-state index in [1.807, 2.05) is 4.90 Å². The molecule has 2 saturated heterocycles. The fraction of sp³-hybridized carbons (Fsp3) is 0.706. The third-order valence-electron chi connectivity index (χ3n) is 5.24. The summed E-state index contributed by atoms with van der Waals surface area (Å²) in [5.41, 5.74) is 0.831. The van der Waals surface area contributed by atoms with E-state index in [1.54, 1.807) is 10.6 Å². The standard InChI is InChI=1S/C17H24N4O3/c22-16-9-14(10-19-4-1-2-5-19)18-15-11-20(6-7-21(15)16)17(23)13-3-8-24-12-13/h9,13H,1-8,10-12H2. The van der Waals surface area contributed by atoms with Crippen LogP contribution >= 0.6 is 0 Å². The predicted molar refractivity (Wildman–Crippen MR) is 87.4 cm³/mol. The van der Waals surface area contributed by atoms with Gasteiger partial charge < -0.3 is 9.64 Å². The van der Waals surface area contributed by atoms with Crippen molar-refractivity contribution in [3.8, 4) is 0 Å². The summed E-state index contributed by atoms with van der Waals surface area (Å²) >= 11 is 0. The molecule has 24 heavy (non-hydrogen) atoms. The van der Waals surface area contributed by atoms with Gasteiger partial charge in [-0.25, -0.2) is 4.98 Å². The van der Waals surface area contributed by atoms with Crippen molar-refractivity contribution in [2.24, 2.45) is 5.92 Å². The van der Waals surface area contributed by atoms with Crippen molar-refractivity contribution in [3.63, 3.8) is 0 Å². The van der Waals surface area contributed by atoms with Gasteiger partial charge in [-0.2, -0.15) is 0 Å². The minimum atomic E-state index is -0.0314. The molecule has 3 aliphatic rings. The Hall–Kier alpha value is -1.73. The molecular formula is C17H24N4O3. The Balaban J connectivity index is 1.51. The van der Waals surface area contributed by atoms with E-state index in [9.17, 15) is 9.59 Å². The van der Waals surface area contributed by atoms with Gasteiger partial charge in [0.25, 0.3) is 5.56 Å². The van der Waals surface area contributed by atoms with Crippen LogP contribution in [0.4, 0.5) is 0 Å². The van der Waals surface area contributed by atoms with Crippen LogP contribution in [-0.2, 0) is 29.2 Å². The molecule has 2 fully saturated rings. The molecule has 0 N–H and O–H groups in total. The van der Waals surface area contributed by atoms with E-state index >= 15 is 0 Å². The lowest BCUT2D eigenvalue weighted by atomic mass is 10.1. The Morgan fingerprint density at radius 2 is 2.08 bits per heavy atom. The van der Waals surface area contributed by atoms with E-state index in [1.165, 1.54) is 12.8 Å². The maximum atomic E-state index is 12.6. The van der Waals surface area contributed by atoms with Gasteiger partial charge in [0, 0.05) is 32.3 Å². The number of hydrogen-bond donors (Lipinski definition) is 0. The highest BCUT2D eigenvalue weighted by molar-refractivity contribution is 5.79. The first kappa shape index (κ1) is 15.8. The summed E-state index contributed by atoms with van der Waals surface area (Å²) in [6, 6.07) is 1.66. The van der Waals surface area contributed by atoms with Gasteiger partial charge in [0.2, 0.25) is 5.91 Å². The first-order valence-electron chi connectivity index (χ1n) is 8.89. The Bertz CT molecular complexity index is 675. The number of carbonyl (C=O) groups excluding carboxylic acids is 1. The van der Waals surface area contributed by atoms with Gasteiger partial charge in [0.1, 0.15) is 5.82 Å². The molecule has 1 aromatic heterocycles. The topological polar surface area (TPSA) is 67.7 Å². The lowest BCUT2D eigenvalue weighted by Crippen LogP contribution is -2.45. The summed E-state index contributed by atoms with van der Waals surface area (Å²) in [5.74, 6) is 0.823. The highest BCUT2D eigenvalue weighted by Gasteiger charge is 2.31. The monoisotopic (exact) mass is 332 g/mol. The number of aromatic nitrogens is 2. The molecule has 0 aromatic carbocycles. The van der Waals surface area contributed by atoms with Gasteiger partial charge in [-0.1, -0.05) is 0 Å². The number of fused-ring (bicyclic) bond motifs is 1. The SMILES string of the molecule is O=C(C1CCOC1)N1CCn2c(nc(CN3CCCC3)cc2=O)C1. The van der Waals surface area contributed by atoms with Crippen molar-refractivity contribution in [1.82, 2.24) is 19.4 Å². The number of carbonyl (C=O) groups is 1. The first-order valence-corrected chi connectivity index (χ1v) is 8.89. The molecule has 0 aliphatic carbocycles. The van der Waals surface area contributed by atoms with E-state index in [2.05, 4.69) is 4.90 Å². The Morgan fingerprint density at radius 3 is 2.83 bits per heavy atom. The third kappa shape index (κ3) is 3.10. The summed E-state index contributed by atoms with van der Waals surface area (Å²) in [4.78, 5) is 33.8. The molecule has 1 atom stereocenters. The summed E-state index contributed by atoms with van der Waals surface area (Å²) in [6.45, 7) is 5.60. The van der Waals surface area contributed by atoms with Crippen LogP contribution in [-0.4, -0.2) is 58.1 Å². The number of hydrogen-bond acceptors (Lipinski definition) is 5. The van der Waals surface area contributed by atoms with E-state index in [4.69, 9.17) is 9.72 Å². The Kier molecular flexibility index (Phi) is 4.37. The number of rotatable bonds is 3. The Labute approximate surface area is 141 Å². The molecule has 3 aliphatic heterocycles. The highest BCUT2D eigenvalue weighted by atomic mass is 16.5. The van der Waals surface area contributed by atoms with Gasteiger partial charge in [0.15, 0.2) is 0 Å². The second-order valence-electron chi connectivity index (χ2n) is 6.96. The zero-order valence-electron chi connectivity index (χ0n) is 13.9. The van der Waals surface area contributed by atoms with Crippen molar-refractivity contribution in [3.05, 3.63) is 27.9 Å². The molecule has 0 bridgehead atoms. The summed E-state index contributed by atoms with van der Waals surface area (Å²) in [5, 5.41) is 0. The lowest BCUT2D eigenvalue weighted by molar-refractivity contribution is -0.137. The first-order chi connectivity index (χ1) is 11.7. The maximum Gasteiger partial charge on any atom is 0.253 e. The molecule has 0 saturated carbocycles. The zero-order valence-corrected chi connectivity index (χ0v) is 13.9. The minimum Gasteiger partial charge on any atom is -0.381 e. The van der Waals surface area contributed by atoms with Crippen LogP contribution in [0.3, 0.4) is 0 Å². The molecule has 7 nitrogen and oxygen atoms in total. The Morgan fingerprint density at radius 1 is 1.25 bits per heavy atom. The number of ether oxygens (including phenoxy) is 1. The van der Waals surface area contributed by atoms with Crippen LogP contribution in [0.5, 0.6) is 0 Å². The number of amides is 1. The lowest BCUT2D eigenvalue weighted by Gasteiger charge is -2.31. The molecule has 1 aromatic rings. The molecule has 0 spiro atoms. The maximum absolute atomic E-state index is 12.6. The van der Waals surface area contributed by atoms with Gasteiger partial charge in [-0.3, -0.25) is 19.1 Å². The fourth-order valence-electron chi connectivity index (χ4n) is 3.86. The van der Waals surface area contributed by atoms with Crippen molar-refractivity contribution in [2.45, 2.75) is 38.9 Å². The predicted octanol–water partition coefficient (Wildman–Crippen LogP) is 0.218. The van der Waals surface area contributed by atoms with Crippen LogP contribution < -0.4 is 5.56 Å². The summed E-state index contributed by atoms with van der Waals surface area (Å²) in [7, 11) is 0. The molecule has 0 radical (unpaired) electrons. The van der Waals surface area contributed by atoms with Gasteiger partial charge in [0.05, 0.1) is 24.8 Å². The number of nitrogens with zero attached hydrogens (tertiary/aromatic N) is 4. The van der Waals surface area contributed by atoms with Gasteiger partial charge in [-0.05, 0) is 32.4 Å². The second-order valence-corrected chi connectivity index (χ2v) is 6.96. The van der Waals surface area contributed by atoms with E-state index in [-0.39, 0.29) is 17.4 Å². The van der Waals surface area contributed by atoms with Gasteiger partial charge >= 0.3 is 0 Å². The van der Waals surface area contributed by atoms with E-state index in [0.717, 1.165) is 37.6 Å². The van der Waals surface area contributed by atoms with Gasteiger partial charge in [-0.15, -0.1) is 0 Å². The smallest absolute Gasteiger partial charge is 0.253 e. The largest absolute Gasteiger partial charge is 0.381 e. The molecule has 130 valence electrons. The van der Waals surface area contributed by atoms with Crippen molar-refractivity contribution >= 4 is 5.91 Å². The molecule has 4 heterocycles. The van der Waals surface area contributed by atoms with Crippen LogP contribution in [0.25, 0.3) is 0 Å². The van der Waals surface area contributed by atoms with E-state index in [0.29, 0.717) is 32.8 Å². The molecule has 1 amide bonds. The molecule has 4 rings (SSSR count). The van der Waals surface area contributed by atoms with E-state index < -0.39 is 0 Å². The third-order valence-corrected chi connectivity index (χ3v) is 5.24. The summed E-state index contributed by atoms with van der Waals surface area (Å²) in [6.07, 6.45) is 3.23. The van der Waals surface area contributed by atoms with Crippen LogP contribution in [0.1, 0.15) is 30.8 Å². The number of likely N-dealkylation sites (tertiary alicyclic amines) is 1. The normalized spacial score (nSPS) is 24.3. The molecular weight excluding hydrogens is 308 g/mol. The fourth-order valence-corrected chi connectivity index (χ4v) is 3.86. The minimum absolute atomic E-state index is 0.00509. The molecule has 1 unspecified atom stereocenters. The zero-order chi connectivity index (χ0) is 16.5. The average Bonchev–Trinajstić information content (AvgIpc) is 3.27. The van der Waals surface area contributed by atoms with Crippen molar-refractivity contribution in [2.75, 3.05) is 32.8 Å². The molecule has 7 heteroatoms. The average molecular weight is 332 g/mol. The van der Waals surface area contributed by atoms with Crippen LogP contribution in [0.2, 0.25) is 0 Å². The van der Waals surface area contributed by atoms with Crippen LogP contribution in [0, 0.1) is 5.92 Å².